The Hall–Kier alpha value is -0.640. The molecular formula is C12H18ClN3. The van der Waals surface area contributed by atoms with Gasteiger partial charge in [0.1, 0.15) is 5.15 Å². The Kier molecular flexibility index (Phi) is 3.79. The predicted molar refractivity (Wildman–Crippen MR) is 66.3 cm³/mol. The lowest BCUT2D eigenvalue weighted by Crippen LogP contribution is -2.27. The van der Waals surface area contributed by atoms with Gasteiger partial charge in [-0.05, 0) is 43.5 Å². The Labute approximate surface area is 102 Å². The lowest BCUT2D eigenvalue weighted by molar-refractivity contribution is 0.256. The topological polar surface area (TPSA) is 42.1 Å². The minimum Gasteiger partial charge on any atom is -0.330 e. The molecule has 1 aliphatic rings. The van der Waals surface area contributed by atoms with Gasteiger partial charge in [-0.1, -0.05) is 11.6 Å². The number of nitrogens with zero attached hydrogens (tertiary/aromatic N) is 2. The molecule has 0 aromatic carbocycles. The van der Waals surface area contributed by atoms with E-state index in [4.69, 9.17) is 17.3 Å². The Morgan fingerprint density at radius 2 is 2.44 bits per heavy atom. The van der Waals surface area contributed by atoms with Crippen molar-refractivity contribution in [2.75, 3.05) is 13.1 Å². The highest BCUT2D eigenvalue weighted by atomic mass is 35.5. The summed E-state index contributed by atoms with van der Waals surface area (Å²) in [5, 5.41) is 0.569. The van der Waals surface area contributed by atoms with Crippen molar-refractivity contribution in [1.82, 2.24) is 9.88 Å². The molecule has 0 saturated carbocycles. The highest BCUT2D eigenvalue weighted by Gasteiger charge is 2.27. The van der Waals surface area contributed by atoms with Gasteiger partial charge in [0.05, 0.1) is 0 Å². The largest absolute Gasteiger partial charge is 0.330 e. The Morgan fingerprint density at radius 3 is 3.06 bits per heavy atom. The first-order chi connectivity index (χ1) is 7.69. The van der Waals surface area contributed by atoms with Gasteiger partial charge in [-0.15, -0.1) is 0 Å². The van der Waals surface area contributed by atoms with Crippen LogP contribution < -0.4 is 5.73 Å². The fourth-order valence-corrected chi connectivity index (χ4v) is 2.58. The minimum absolute atomic E-state index is 0.569. The molecule has 1 aliphatic heterocycles. The summed E-state index contributed by atoms with van der Waals surface area (Å²) < 4.78 is 0. The maximum Gasteiger partial charge on any atom is 0.129 e. The monoisotopic (exact) mass is 239 g/mol. The van der Waals surface area contributed by atoms with Crippen LogP contribution in [0.25, 0.3) is 0 Å². The van der Waals surface area contributed by atoms with Crippen LogP contribution in [0.5, 0.6) is 0 Å². The molecule has 1 fully saturated rings. The zero-order valence-corrected chi connectivity index (χ0v) is 10.3. The molecule has 4 heteroatoms. The van der Waals surface area contributed by atoms with Crippen molar-refractivity contribution < 1.29 is 0 Å². The number of rotatable bonds is 3. The molecule has 2 heterocycles. The van der Waals surface area contributed by atoms with Crippen LogP contribution in [0, 0.1) is 5.92 Å². The highest BCUT2D eigenvalue weighted by molar-refractivity contribution is 6.29. The average molecular weight is 240 g/mol. The summed E-state index contributed by atoms with van der Waals surface area (Å²) in [4.78, 5) is 6.45. The summed E-state index contributed by atoms with van der Waals surface area (Å²) in [5.74, 6) is 0.646. The van der Waals surface area contributed by atoms with Crippen LogP contribution in [0.1, 0.15) is 18.9 Å². The van der Waals surface area contributed by atoms with Gasteiger partial charge in [-0.2, -0.15) is 0 Å². The molecule has 88 valence electrons. The number of likely N-dealkylation sites (tertiary alicyclic amines) is 1. The first-order valence-corrected chi connectivity index (χ1v) is 6.11. The van der Waals surface area contributed by atoms with E-state index < -0.39 is 0 Å². The zero-order valence-electron chi connectivity index (χ0n) is 9.56. The quantitative estimate of drug-likeness (QED) is 0.820. The van der Waals surface area contributed by atoms with Gasteiger partial charge in [0, 0.05) is 25.3 Å². The molecule has 1 saturated heterocycles. The van der Waals surface area contributed by atoms with E-state index >= 15 is 0 Å². The van der Waals surface area contributed by atoms with E-state index in [0.29, 0.717) is 17.1 Å². The van der Waals surface area contributed by atoms with E-state index in [1.165, 1.54) is 12.0 Å². The zero-order chi connectivity index (χ0) is 11.5. The lowest BCUT2D eigenvalue weighted by atomic mass is 10.1. The molecule has 16 heavy (non-hydrogen) atoms. The van der Waals surface area contributed by atoms with E-state index in [0.717, 1.165) is 19.6 Å². The van der Waals surface area contributed by atoms with Crippen molar-refractivity contribution >= 4 is 11.6 Å². The third-order valence-corrected chi connectivity index (χ3v) is 3.51. The number of halogens is 1. The van der Waals surface area contributed by atoms with Crippen LogP contribution in [0.2, 0.25) is 5.15 Å². The van der Waals surface area contributed by atoms with Gasteiger partial charge in [-0.25, -0.2) is 4.98 Å². The van der Waals surface area contributed by atoms with Crippen LogP contribution >= 0.6 is 11.6 Å². The minimum atomic E-state index is 0.569. The first kappa shape index (κ1) is 11.8. The van der Waals surface area contributed by atoms with Gasteiger partial charge >= 0.3 is 0 Å². The molecule has 0 radical (unpaired) electrons. The molecule has 2 atom stereocenters. The van der Waals surface area contributed by atoms with Crippen LogP contribution in [0.4, 0.5) is 0 Å². The summed E-state index contributed by atoms with van der Waals surface area (Å²) in [6, 6.07) is 4.57. The fourth-order valence-electron chi connectivity index (χ4n) is 2.38. The molecule has 0 aliphatic carbocycles. The molecule has 2 unspecified atom stereocenters. The molecular weight excluding hydrogens is 222 g/mol. The van der Waals surface area contributed by atoms with E-state index in [9.17, 15) is 0 Å². The smallest absolute Gasteiger partial charge is 0.129 e. The fraction of sp³-hybridized carbons (Fsp3) is 0.583. The number of hydrogen-bond acceptors (Lipinski definition) is 3. The van der Waals surface area contributed by atoms with Crippen molar-refractivity contribution in [3.05, 3.63) is 29.0 Å². The maximum atomic E-state index is 5.87. The standard InChI is InChI=1S/C12H18ClN3/c1-9-4-11(6-14)8-16(9)7-10-2-3-15-12(13)5-10/h2-3,5,9,11H,4,6-8,14H2,1H3. The Bertz CT molecular complexity index is 356. The van der Waals surface area contributed by atoms with Gasteiger partial charge in [0.15, 0.2) is 0 Å². The highest BCUT2D eigenvalue weighted by Crippen LogP contribution is 2.24. The molecule has 2 N–H and O–H groups in total. The van der Waals surface area contributed by atoms with Crippen molar-refractivity contribution in [2.24, 2.45) is 11.7 Å². The van der Waals surface area contributed by atoms with Crippen molar-refractivity contribution in [3.63, 3.8) is 0 Å². The normalized spacial score (nSPS) is 26.2. The second-order valence-corrected chi connectivity index (χ2v) is 4.99. The molecule has 1 aromatic rings. The van der Waals surface area contributed by atoms with Crippen molar-refractivity contribution in [1.29, 1.82) is 0 Å². The van der Waals surface area contributed by atoms with Gasteiger partial charge in [-0.3, -0.25) is 4.90 Å². The molecule has 0 bridgehead atoms. The lowest BCUT2D eigenvalue weighted by Gasteiger charge is -2.20. The van der Waals surface area contributed by atoms with Crippen LogP contribution in [-0.2, 0) is 6.54 Å². The van der Waals surface area contributed by atoms with E-state index in [2.05, 4.69) is 16.8 Å². The number of nitrogens with two attached hydrogens (primary N) is 1. The maximum absolute atomic E-state index is 5.87. The Morgan fingerprint density at radius 1 is 1.62 bits per heavy atom. The van der Waals surface area contributed by atoms with Crippen molar-refractivity contribution in [3.8, 4) is 0 Å². The van der Waals surface area contributed by atoms with Gasteiger partial charge in [0.2, 0.25) is 0 Å². The van der Waals surface area contributed by atoms with E-state index in [1.807, 2.05) is 12.1 Å². The Balaban J connectivity index is 2.00. The molecule has 1 aromatic heterocycles. The second-order valence-electron chi connectivity index (χ2n) is 4.60. The number of hydrogen-bond donors (Lipinski definition) is 1. The van der Waals surface area contributed by atoms with Crippen LogP contribution in [-0.4, -0.2) is 29.0 Å². The summed E-state index contributed by atoms with van der Waals surface area (Å²) in [5.41, 5.74) is 6.94. The number of pyridine rings is 1. The molecule has 0 spiro atoms. The molecule has 0 amide bonds. The number of aromatic nitrogens is 1. The third kappa shape index (κ3) is 2.73. The SMILES string of the molecule is CC1CC(CN)CN1Cc1ccnc(Cl)c1. The third-order valence-electron chi connectivity index (χ3n) is 3.30. The summed E-state index contributed by atoms with van der Waals surface area (Å²) in [6.07, 6.45) is 2.97. The van der Waals surface area contributed by atoms with Crippen molar-refractivity contribution in [2.45, 2.75) is 25.9 Å². The summed E-state index contributed by atoms with van der Waals surface area (Å²) in [7, 11) is 0. The van der Waals surface area contributed by atoms with E-state index in [1.54, 1.807) is 6.20 Å². The van der Waals surface area contributed by atoms with Crippen LogP contribution in [0.3, 0.4) is 0 Å². The van der Waals surface area contributed by atoms with E-state index in [-0.39, 0.29) is 0 Å². The summed E-state index contributed by atoms with van der Waals surface area (Å²) >= 11 is 5.87. The summed E-state index contributed by atoms with van der Waals surface area (Å²) in [6.45, 7) is 5.09. The molecule has 3 nitrogen and oxygen atoms in total. The first-order valence-electron chi connectivity index (χ1n) is 5.73. The van der Waals surface area contributed by atoms with Crippen LogP contribution in [0.15, 0.2) is 18.3 Å². The average Bonchev–Trinajstić information content (AvgIpc) is 2.60. The van der Waals surface area contributed by atoms with Gasteiger partial charge in [0.25, 0.3) is 0 Å². The predicted octanol–water partition coefficient (Wildman–Crippen LogP) is 1.90. The van der Waals surface area contributed by atoms with Gasteiger partial charge < -0.3 is 5.73 Å². The second kappa shape index (κ2) is 5.13. The molecule has 2 rings (SSSR count).